The molecule has 1 unspecified atom stereocenters. The van der Waals surface area contributed by atoms with Crippen molar-refractivity contribution in [3.63, 3.8) is 0 Å². The van der Waals surface area contributed by atoms with Crippen LogP contribution in [0.4, 0.5) is 5.69 Å². The Morgan fingerprint density at radius 1 is 1.24 bits per heavy atom. The summed E-state index contributed by atoms with van der Waals surface area (Å²) in [5, 5.41) is 8.43. The van der Waals surface area contributed by atoms with E-state index < -0.39 is 5.60 Å². The third-order valence-electron chi connectivity index (χ3n) is 4.64. The fourth-order valence-corrected chi connectivity index (χ4v) is 3.09. The predicted molar refractivity (Wildman–Crippen MR) is 94.9 cm³/mol. The molecule has 6 heteroatoms. The van der Waals surface area contributed by atoms with Crippen molar-refractivity contribution in [2.24, 2.45) is 0 Å². The third kappa shape index (κ3) is 2.79. The Morgan fingerprint density at radius 2 is 2.04 bits per heavy atom. The molecule has 1 aromatic heterocycles. The van der Waals surface area contributed by atoms with Crippen LogP contribution in [0.1, 0.15) is 6.42 Å². The summed E-state index contributed by atoms with van der Waals surface area (Å²) >= 11 is 0. The van der Waals surface area contributed by atoms with Crippen LogP contribution in [-0.2, 0) is 14.3 Å². The molecule has 2 aromatic carbocycles. The second-order valence-electron chi connectivity index (χ2n) is 6.12. The monoisotopic (exact) mass is 337 g/mol. The summed E-state index contributed by atoms with van der Waals surface area (Å²) in [6, 6.07) is 15.6. The number of amides is 1. The molecule has 1 aliphatic heterocycles. The molecule has 4 rings (SSSR count). The Morgan fingerprint density at radius 3 is 2.76 bits per heavy atom. The van der Waals surface area contributed by atoms with Crippen molar-refractivity contribution in [1.29, 1.82) is 0 Å². The number of carbonyl (C=O) groups excluding carboxylic acids is 1. The Balaban J connectivity index is 1.55. The molecule has 3 aromatic rings. The molecule has 6 nitrogen and oxygen atoms in total. The molecule has 2 heterocycles. The quantitative estimate of drug-likeness (QED) is 0.795. The van der Waals surface area contributed by atoms with Crippen molar-refractivity contribution in [1.82, 2.24) is 9.78 Å². The third-order valence-corrected chi connectivity index (χ3v) is 4.64. The molecule has 1 atom stereocenters. The molecular weight excluding hydrogens is 318 g/mol. The van der Waals surface area contributed by atoms with E-state index in [4.69, 9.17) is 9.47 Å². The highest BCUT2D eigenvalue weighted by molar-refractivity contribution is 5.97. The van der Waals surface area contributed by atoms with Gasteiger partial charge in [0.05, 0.1) is 30.6 Å². The zero-order valence-electron chi connectivity index (χ0n) is 13.9. The van der Waals surface area contributed by atoms with Crippen LogP contribution in [0.25, 0.3) is 16.6 Å². The van der Waals surface area contributed by atoms with Crippen molar-refractivity contribution in [3.8, 4) is 5.69 Å². The molecule has 1 N–H and O–H groups in total. The van der Waals surface area contributed by atoms with E-state index in [0.29, 0.717) is 18.7 Å². The molecule has 1 aliphatic rings. The first-order valence-corrected chi connectivity index (χ1v) is 8.19. The van der Waals surface area contributed by atoms with Crippen molar-refractivity contribution in [2.45, 2.75) is 12.0 Å². The lowest BCUT2D eigenvalue weighted by Crippen LogP contribution is -2.45. The van der Waals surface area contributed by atoms with Gasteiger partial charge in [0.1, 0.15) is 0 Å². The average molecular weight is 337 g/mol. The number of anilines is 1. The number of rotatable bonds is 4. The standard InChI is InChI=1S/C19H19N3O3/c1-24-19(10-11-25-13-19)18(23)21-15-6-8-16(9-7-15)22-17-5-3-2-4-14(17)12-20-22/h2-9,12H,10-11,13H2,1H3,(H,21,23). The first kappa shape index (κ1) is 15.8. The maximum atomic E-state index is 12.5. The number of fused-ring (bicyclic) bond motifs is 1. The van der Waals surface area contributed by atoms with E-state index in [-0.39, 0.29) is 12.5 Å². The number of benzene rings is 2. The van der Waals surface area contributed by atoms with Crippen molar-refractivity contribution >= 4 is 22.5 Å². The lowest BCUT2D eigenvalue weighted by Gasteiger charge is -2.24. The summed E-state index contributed by atoms with van der Waals surface area (Å²) in [5.41, 5.74) is 1.80. The smallest absolute Gasteiger partial charge is 0.259 e. The number of carbonyl (C=O) groups is 1. The molecule has 25 heavy (non-hydrogen) atoms. The highest BCUT2D eigenvalue weighted by atomic mass is 16.6. The van der Waals surface area contributed by atoms with Crippen LogP contribution in [0.15, 0.2) is 54.7 Å². The Labute approximate surface area is 145 Å². The van der Waals surface area contributed by atoms with Gasteiger partial charge in [-0.3, -0.25) is 4.79 Å². The van der Waals surface area contributed by atoms with Gasteiger partial charge in [-0.2, -0.15) is 5.10 Å². The van der Waals surface area contributed by atoms with Gasteiger partial charge in [-0.25, -0.2) is 4.68 Å². The van der Waals surface area contributed by atoms with Gasteiger partial charge in [0.25, 0.3) is 5.91 Å². The average Bonchev–Trinajstić information content (AvgIpc) is 3.30. The van der Waals surface area contributed by atoms with Crippen LogP contribution in [0, 0.1) is 0 Å². The molecule has 0 aliphatic carbocycles. The fourth-order valence-electron chi connectivity index (χ4n) is 3.09. The number of nitrogens with zero attached hydrogens (tertiary/aromatic N) is 2. The molecule has 1 saturated heterocycles. The minimum Gasteiger partial charge on any atom is -0.378 e. The molecule has 1 amide bonds. The van der Waals surface area contributed by atoms with Gasteiger partial charge in [-0.05, 0) is 30.3 Å². The molecule has 0 radical (unpaired) electrons. The zero-order valence-corrected chi connectivity index (χ0v) is 13.9. The van der Waals surface area contributed by atoms with E-state index in [1.165, 1.54) is 0 Å². The van der Waals surface area contributed by atoms with E-state index in [0.717, 1.165) is 16.6 Å². The first-order chi connectivity index (χ1) is 12.2. The van der Waals surface area contributed by atoms with Gasteiger partial charge in [0.15, 0.2) is 5.60 Å². The predicted octanol–water partition coefficient (Wildman–Crippen LogP) is 2.77. The number of nitrogens with one attached hydrogen (secondary N) is 1. The number of hydrogen-bond donors (Lipinski definition) is 1. The Hall–Kier alpha value is -2.70. The van der Waals surface area contributed by atoms with E-state index in [2.05, 4.69) is 10.4 Å². The highest BCUT2D eigenvalue weighted by Gasteiger charge is 2.42. The largest absolute Gasteiger partial charge is 0.378 e. The summed E-state index contributed by atoms with van der Waals surface area (Å²) in [4.78, 5) is 12.5. The van der Waals surface area contributed by atoms with E-state index in [1.54, 1.807) is 7.11 Å². The fraction of sp³-hybridized carbons (Fsp3) is 0.263. The molecule has 1 fully saturated rings. The number of hydrogen-bond acceptors (Lipinski definition) is 4. The van der Waals surface area contributed by atoms with Crippen molar-refractivity contribution < 1.29 is 14.3 Å². The molecule has 128 valence electrons. The van der Waals surface area contributed by atoms with Crippen molar-refractivity contribution in [3.05, 3.63) is 54.7 Å². The SMILES string of the molecule is COC1(C(=O)Nc2ccc(-n3ncc4ccccc43)cc2)CCOC1. The molecular formula is C19H19N3O3. The molecule has 0 bridgehead atoms. The van der Waals surface area contributed by atoms with E-state index in [1.807, 2.05) is 59.4 Å². The van der Waals surface area contributed by atoms with E-state index in [9.17, 15) is 4.79 Å². The van der Waals surface area contributed by atoms with Crippen molar-refractivity contribution in [2.75, 3.05) is 25.6 Å². The van der Waals surface area contributed by atoms with Crippen LogP contribution >= 0.6 is 0 Å². The molecule has 0 spiro atoms. The minimum absolute atomic E-state index is 0.176. The maximum Gasteiger partial charge on any atom is 0.259 e. The van der Waals surface area contributed by atoms with Crippen LogP contribution < -0.4 is 5.32 Å². The summed E-state index contributed by atoms with van der Waals surface area (Å²) < 4.78 is 12.6. The Kier molecular flexibility index (Phi) is 3.99. The molecule has 0 saturated carbocycles. The zero-order chi connectivity index (χ0) is 17.3. The van der Waals surface area contributed by atoms with Crippen LogP contribution in [0.3, 0.4) is 0 Å². The second-order valence-corrected chi connectivity index (χ2v) is 6.12. The van der Waals surface area contributed by atoms with Gasteiger partial charge in [-0.1, -0.05) is 18.2 Å². The topological polar surface area (TPSA) is 65.4 Å². The van der Waals surface area contributed by atoms with Gasteiger partial charge >= 0.3 is 0 Å². The van der Waals surface area contributed by atoms with Crippen LogP contribution in [-0.4, -0.2) is 41.6 Å². The van der Waals surface area contributed by atoms with Crippen LogP contribution in [0.5, 0.6) is 0 Å². The number of para-hydroxylation sites is 1. The Bertz CT molecular complexity index is 896. The number of aromatic nitrogens is 2. The first-order valence-electron chi connectivity index (χ1n) is 8.19. The van der Waals surface area contributed by atoms with E-state index >= 15 is 0 Å². The second kappa shape index (κ2) is 6.31. The lowest BCUT2D eigenvalue weighted by atomic mass is 10.0. The summed E-state index contributed by atoms with van der Waals surface area (Å²) in [6.07, 6.45) is 2.40. The summed E-state index contributed by atoms with van der Waals surface area (Å²) in [5.74, 6) is -0.176. The normalized spacial score (nSPS) is 20.0. The van der Waals surface area contributed by atoms with Gasteiger partial charge in [0.2, 0.25) is 0 Å². The van der Waals surface area contributed by atoms with Gasteiger partial charge in [0, 0.05) is 24.6 Å². The number of ether oxygens (including phenoxy) is 2. The lowest BCUT2D eigenvalue weighted by molar-refractivity contribution is -0.137. The summed E-state index contributed by atoms with van der Waals surface area (Å²) in [7, 11) is 1.54. The number of methoxy groups -OCH3 is 1. The maximum absolute atomic E-state index is 12.5. The highest BCUT2D eigenvalue weighted by Crippen LogP contribution is 2.25. The van der Waals surface area contributed by atoms with Gasteiger partial charge < -0.3 is 14.8 Å². The summed E-state index contributed by atoms with van der Waals surface area (Å²) in [6.45, 7) is 0.819. The van der Waals surface area contributed by atoms with Gasteiger partial charge in [-0.15, -0.1) is 0 Å². The van der Waals surface area contributed by atoms with Crippen LogP contribution in [0.2, 0.25) is 0 Å². The minimum atomic E-state index is -0.892.